The third-order valence-corrected chi connectivity index (χ3v) is 6.44. The summed E-state index contributed by atoms with van der Waals surface area (Å²) in [7, 11) is 3.24. The van der Waals surface area contributed by atoms with Gasteiger partial charge in [-0.2, -0.15) is 13.2 Å². The number of nitrogens with zero attached hydrogens (tertiary/aromatic N) is 1. The minimum Gasteiger partial charge on any atom is -0.490 e. The van der Waals surface area contributed by atoms with Gasteiger partial charge in [-0.1, -0.05) is 0 Å². The highest BCUT2D eigenvalue weighted by Crippen LogP contribution is 2.33. The fraction of sp³-hybridized carbons (Fsp3) is 0.400. The van der Waals surface area contributed by atoms with Crippen molar-refractivity contribution in [2.24, 2.45) is 0 Å². The second-order valence-corrected chi connectivity index (χ2v) is 8.79. The number of benzene rings is 2. The van der Waals surface area contributed by atoms with Crippen LogP contribution in [-0.2, 0) is 15.7 Å². The van der Waals surface area contributed by atoms with E-state index >= 15 is 0 Å². The van der Waals surface area contributed by atoms with E-state index in [9.17, 15) is 27.6 Å². The number of rotatable bonds is 4. The lowest BCUT2D eigenvalue weighted by atomic mass is 9.94. The van der Waals surface area contributed by atoms with Crippen molar-refractivity contribution >= 4 is 23.4 Å². The number of nitrogens with one attached hydrogen (secondary N) is 2. The normalized spacial score (nSPS) is 21.9. The minimum atomic E-state index is -4.50. The second kappa shape index (κ2) is 10.2. The highest BCUT2D eigenvalue weighted by atomic mass is 19.4. The largest absolute Gasteiger partial charge is 0.490 e. The Bertz CT molecular complexity index is 1150. The smallest absolute Gasteiger partial charge is 0.416 e. The van der Waals surface area contributed by atoms with Crippen LogP contribution in [0.4, 0.5) is 18.9 Å². The van der Waals surface area contributed by atoms with Crippen molar-refractivity contribution in [2.45, 2.75) is 43.7 Å². The predicted molar refractivity (Wildman–Crippen MR) is 124 cm³/mol. The van der Waals surface area contributed by atoms with Crippen molar-refractivity contribution in [3.63, 3.8) is 0 Å². The molecule has 0 saturated carbocycles. The maximum atomic E-state index is 13.3. The summed E-state index contributed by atoms with van der Waals surface area (Å²) < 4.78 is 50.3. The molecule has 0 unspecified atom stereocenters. The van der Waals surface area contributed by atoms with Gasteiger partial charge in [0.1, 0.15) is 18.5 Å². The maximum Gasteiger partial charge on any atom is 0.416 e. The first-order chi connectivity index (χ1) is 17.1. The Morgan fingerprint density at radius 3 is 2.50 bits per heavy atom. The number of amides is 3. The van der Waals surface area contributed by atoms with E-state index in [1.54, 1.807) is 31.1 Å². The molecule has 0 bridgehead atoms. The van der Waals surface area contributed by atoms with Gasteiger partial charge in [0.25, 0.3) is 11.8 Å². The molecular weight excluding hydrogens is 479 g/mol. The number of fused-ring (bicyclic) bond motifs is 2. The number of hydrogen-bond donors (Lipinski definition) is 2. The van der Waals surface area contributed by atoms with Crippen LogP contribution >= 0.6 is 0 Å². The Hall–Kier alpha value is -3.60. The highest BCUT2D eigenvalue weighted by Gasteiger charge is 2.39. The van der Waals surface area contributed by atoms with Gasteiger partial charge in [0, 0.05) is 25.3 Å². The van der Waals surface area contributed by atoms with E-state index in [1.807, 2.05) is 0 Å². The molecule has 0 radical (unpaired) electrons. The molecule has 2 aliphatic rings. The number of likely N-dealkylation sites (N-methyl/N-ethyl adjacent to an activating group) is 1. The monoisotopic (exact) mass is 505 g/mol. The molecule has 8 nitrogen and oxygen atoms in total. The van der Waals surface area contributed by atoms with Gasteiger partial charge in [-0.25, -0.2) is 0 Å². The van der Waals surface area contributed by atoms with Crippen LogP contribution in [0, 0.1) is 0 Å². The van der Waals surface area contributed by atoms with Crippen molar-refractivity contribution in [1.29, 1.82) is 0 Å². The van der Waals surface area contributed by atoms with Crippen molar-refractivity contribution in [2.75, 3.05) is 26.0 Å². The van der Waals surface area contributed by atoms with Gasteiger partial charge in [0.05, 0.1) is 29.7 Å². The molecule has 36 heavy (non-hydrogen) atoms. The number of halogens is 3. The third kappa shape index (κ3) is 5.46. The molecule has 0 spiro atoms. The summed E-state index contributed by atoms with van der Waals surface area (Å²) >= 11 is 0. The Morgan fingerprint density at radius 1 is 1.11 bits per heavy atom. The number of ether oxygens (including phenoxy) is 2. The van der Waals surface area contributed by atoms with Crippen molar-refractivity contribution < 1.29 is 37.0 Å². The minimum absolute atomic E-state index is 0.0444. The average molecular weight is 505 g/mol. The first kappa shape index (κ1) is 25.5. The third-order valence-electron chi connectivity index (χ3n) is 6.44. The Kier molecular flexibility index (Phi) is 7.21. The van der Waals surface area contributed by atoms with Gasteiger partial charge in [0.15, 0.2) is 0 Å². The lowest BCUT2D eigenvalue weighted by Crippen LogP contribution is -2.53. The summed E-state index contributed by atoms with van der Waals surface area (Å²) in [5, 5.41) is 5.20. The van der Waals surface area contributed by atoms with Gasteiger partial charge in [-0.15, -0.1) is 0 Å². The zero-order chi connectivity index (χ0) is 26.0. The first-order valence-corrected chi connectivity index (χ1v) is 11.5. The topological polar surface area (TPSA) is 97.0 Å². The molecule has 2 heterocycles. The molecule has 0 aromatic heterocycles. The van der Waals surface area contributed by atoms with Crippen molar-refractivity contribution in [3.8, 4) is 5.75 Å². The molecule has 2 N–H and O–H groups in total. The van der Waals surface area contributed by atoms with Crippen LogP contribution in [0.1, 0.15) is 45.5 Å². The van der Waals surface area contributed by atoms with Crippen molar-refractivity contribution in [3.05, 3.63) is 59.2 Å². The molecule has 1 saturated heterocycles. The summed E-state index contributed by atoms with van der Waals surface area (Å²) in [6, 6.07) is 8.18. The van der Waals surface area contributed by atoms with Crippen LogP contribution in [-0.4, -0.2) is 61.6 Å². The van der Waals surface area contributed by atoms with Crippen LogP contribution in [0.2, 0.25) is 0 Å². The summed E-state index contributed by atoms with van der Waals surface area (Å²) in [5.41, 5.74) is -0.265. The van der Waals surface area contributed by atoms with Crippen LogP contribution < -0.4 is 15.4 Å². The zero-order valence-electron chi connectivity index (χ0n) is 19.7. The Balaban J connectivity index is 1.49. The van der Waals surface area contributed by atoms with Crippen LogP contribution in [0.3, 0.4) is 0 Å². The molecule has 3 amide bonds. The summed E-state index contributed by atoms with van der Waals surface area (Å²) in [5.74, 6) is -0.737. The van der Waals surface area contributed by atoms with E-state index in [-0.39, 0.29) is 48.1 Å². The van der Waals surface area contributed by atoms with E-state index < -0.39 is 23.8 Å². The predicted octanol–water partition coefficient (Wildman–Crippen LogP) is 3.47. The number of carbonyl (C=O) groups is 3. The fourth-order valence-corrected chi connectivity index (χ4v) is 4.43. The number of carbonyl (C=O) groups excluding carboxylic acids is 3. The van der Waals surface area contributed by atoms with Crippen LogP contribution in [0.5, 0.6) is 5.75 Å². The van der Waals surface area contributed by atoms with Gasteiger partial charge < -0.3 is 25.0 Å². The van der Waals surface area contributed by atoms with Gasteiger partial charge in [-0.05, 0) is 55.3 Å². The average Bonchev–Trinajstić information content (AvgIpc) is 2.86. The lowest BCUT2D eigenvalue weighted by Gasteiger charge is -2.42. The number of anilines is 1. The fourth-order valence-electron chi connectivity index (χ4n) is 4.43. The standard InChI is InChI=1S/C25H26F3N3O5/c1-29-22(32)12-17-8-9-19-21(36-17)13-35-20-10-7-16(11-18(20)24(34)31(19)2)30-23(33)14-3-5-15(6-4-14)25(26,27)28/h3-7,10-11,17,19,21H,8-9,12-13H2,1-2H3,(H,29,32)(H,30,33)/t17-,19+,21+/m0/s1. The van der Waals surface area contributed by atoms with E-state index in [1.165, 1.54) is 6.07 Å². The lowest BCUT2D eigenvalue weighted by molar-refractivity contribution is -0.137. The molecule has 1 fully saturated rings. The van der Waals surface area contributed by atoms with Gasteiger partial charge in [-0.3, -0.25) is 14.4 Å². The van der Waals surface area contributed by atoms with E-state index in [2.05, 4.69) is 10.6 Å². The number of alkyl halides is 3. The van der Waals surface area contributed by atoms with E-state index in [0.717, 1.165) is 24.3 Å². The molecule has 2 aromatic carbocycles. The maximum absolute atomic E-state index is 13.3. The summed E-state index contributed by atoms with van der Waals surface area (Å²) in [4.78, 5) is 39.2. The SMILES string of the molecule is CNC(=O)C[C@@H]1CC[C@@H]2[C@@H](COc3ccc(NC(=O)c4ccc(C(F)(F)F)cc4)cc3C(=O)N2C)O1. The number of hydrogen-bond acceptors (Lipinski definition) is 5. The molecule has 2 aromatic rings. The first-order valence-electron chi connectivity index (χ1n) is 11.5. The molecule has 3 atom stereocenters. The highest BCUT2D eigenvalue weighted by molar-refractivity contribution is 6.05. The van der Waals surface area contributed by atoms with Crippen molar-refractivity contribution in [1.82, 2.24) is 10.2 Å². The zero-order valence-corrected chi connectivity index (χ0v) is 19.7. The Morgan fingerprint density at radius 2 is 1.83 bits per heavy atom. The van der Waals surface area contributed by atoms with Gasteiger partial charge in [0.2, 0.25) is 5.91 Å². The molecule has 0 aliphatic carbocycles. The molecule has 11 heteroatoms. The van der Waals surface area contributed by atoms with Gasteiger partial charge >= 0.3 is 6.18 Å². The van der Waals surface area contributed by atoms with E-state index in [0.29, 0.717) is 24.3 Å². The molecular formula is C25H26F3N3O5. The molecule has 192 valence electrons. The Labute approximate surface area is 205 Å². The summed E-state index contributed by atoms with van der Waals surface area (Å²) in [6.07, 6.45) is -3.69. The quantitative estimate of drug-likeness (QED) is 0.664. The van der Waals surface area contributed by atoms with Crippen LogP contribution in [0.25, 0.3) is 0 Å². The van der Waals surface area contributed by atoms with E-state index in [4.69, 9.17) is 9.47 Å². The second-order valence-electron chi connectivity index (χ2n) is 8.79. The molecule has 2 aliphatic heterocycles. The van der Waals surface area contributed by atoms with Crippen LogP contribution in [0.15, 0.2) is 42.5 Å². The summed E-state index contributed by atoms with van der Waals surface area (Å²) in [6.45, 7) is 0.177. The molecule has 4 rings (SSSR count).